The summed E-state index contributed by atoms with van der Waals surface area (Å²) in [5.74, 6) is 0.655. The second kappa shape index (κ2) is 10.6. The number of nitrogens with zero attached hydrogens (tertiary/aromatic N) is 5. The fraction of sp³-hybridized carbons (Fsp3) is 0.167. The lowest BCUT2D eigenvalue weighted by Gasteiger charge is -2.21. The molecule has 0 radical (unpaired) electrons. The Morgan fingerprint density at radius 2 is 1.46 bits per heavy atom. The van der Waals surface area contributed by atoms with Crippen molar-refractivity contribution in [3.8, 4) is 22.5 Å². The lowest BCUT2D eigenvalue weighted by atomic mass is 10.0. The van der Waals surface area contributed by atoms with Crippen molar-refractivity contribution in [2.24, 2.45) is 0 Å². The molecule has 0 spiro atoms. The molecular formula is C24H17Cl6N5. The van der Waals surface area contributed by atoms with Crippen LogP contribution in [-0.4, -0.2) is 27.0 Å². The molecule has 0 aliphatic carbocycles. The van der Waals surface area contributed by atoms with E-state index in [2.05, 4.69) is 19.9 Å². The second-order valence-electron chi connectivity index (χ2n) is 7.61. The minimum absolute atomic E-state index is 0.000322. The number of benzene rings is 2. The van der Waals surface area contributed by atoms with Crippen LogP contribution in [0.3, 0.4) is 0 Å². The van der Waals surface area contributed by atoms with Crippen molar-refractivity contribution in [3.05, 3.63) is 90.0 Å². The number of halogens is 6. The lowest BCUT2D eigenvalue weighted by molar-refractivity contribution is 0.827. The first kappa shape index (κ1) is 26.2. The van der Waals surface area contributed by atoms with E-state index in [1.165, 1.54) is 0 Å². The maximum Gasteiger partial charge on any atom is 0.250 e. The Morgan fingerprint density at radius 3 is 2.09 bits per heavy atom. The van der Waals surface area contributed by atoms with Crippen molar-refractivity contribution in [2.45, 2.75) is 14.1 Å². The van der Waals surface area contributed by atoms with Crippen LogP contribution in [0.4, 0.5) is 5.95 Å². The van der Waals surface area contributed by atoms with Gasteiger partial charge in [0, 0.05) is 42.7 Å². The molecule has 2 heterocycles. The molecule has 0 amide bonds. The minimum Gasteiger partial charge on any atom is -0.339 e. The monoisotopic (exact) mass is 585 g/mol. The first-order valence-electron chi connectivity index (χ1n) is 10.2. The van der Waals surface area contributed by atoms with Crippen molar-refractivity contribution >= 4 is 75.6 Å². The fourth-order valence-electron chi connectivity index (χ4n) is 3.39. The third-order valence-corrected chi connectivity index (χ3v) is 6.25. The van der Waals surface area contributed by atoms with E-state index in [1.54, 1.807) is 30.5 Å². The number of aromatic nitrogens is 4. The Bertz CT molecular complexity index is 1300. The molecule has 11 heteroatoms. The predicted molar refractivity (Wildman–Crippen MR) is 146 cm³/mol. The Morgan fingerprint density at radius 1 is 0.743 bits per heavy atom. The molecule has 180 valence electrons. The van der Waals surface area contributed by atoms with Crippen LogP contribution in [0.15, 0.2) is 73.1 Å². The summed E-state index contributed by atoms with van der Waals surface area (Å²) in [5.41, 5.74) is 4.25. The van der Waals surface area contributed by atoms with Gasteiger partial charge in [-0.25, -0.2) is 4.98 Å². The quantitative estimate of drug-likeness (QED) is 0.222. The van der Waals surface area contributed by atoms with E-state index in [0.717, 1.165) is 16.7 Å². The molecule has 35 heavy (non-hydrogen) atoms. The zero-order valence-electron chi connectivity index (χ0n) is 18.1. The number of pyridine rings is 1. The van der Waals surface area contributed by atoms with Crippen molar-refractivity contribution in [3.63, 3.8) is 0 Å². The number of rotatable bonds is 5. The third-order valence-electron chi connectivity index (χ3n) is 5.09. The van der Waals surface area contributed by atoms with Gasteiger partial charge in [0.25, 0.3) is 0 Å². The van der Waals surface area contributed by atoms with Crippen LogP contribution in [-0.2, 0) is 14.1 Å². The zero-order valence-corrected chi connectivity index (χ0v) is 22.7. The molecule has 0 saturated carbocycles. The third kappa shape index (κ3) is 6.48. The molecule has 0 N–H and O–H groups in total. The Hall–Kier alpha value is -1.86. The summed E-state index contributed by atoms with van der Waals surface area (Å²) < 4.78 is -3.40. The second-order valence-corrected chi connectivity index (χ2v) is 12.2. The maximum atomic E-state index is 6.15. The molecule has 0 unspecified atom stereocenters. The molecule has 5 nitrogen and oxygen atoms in total. The minimum atomic E-state index is -1.85. The molecule has 0 atom stereocenters. The van der Waals surface area contributed by atoms with Gasteiger partial charge >= 0.3 is 0 Å². The molecule has 4 aromatic rings. The van der Waals surface area contributed by atoms with Crippen molar-refractivity contribution < 1.29 is 0 Å². The first-order chi connectivity index (χ1) is 16.5. The van der Waals surface area contributed by atoms with Gasteiger partial charge in [-0.1, -0.05) is 124 Å². The van der Waals surface area contributed by atoms with E-state index >= 15 is 0 Å². The highest BCUT2D eigenvalue weighted by Crippen LogP contribution is 2.40. The molecule has 0 aliphatic rings. The number of hydrogen-bond acceptors (Lipinski definition) is 5. The molecular weight excluding hydrogens is 571 g/mol. The Kier molecular flexibility index (Phi) is 7.96. The summed E-state index contributed by atoms with van der Waals surface area (Å²) in [6.07, 6.45) is 3.56. The van der Waals surface area contributed by atoms with E-state index in [9.17, 15) is 0 Å². The molecule has 0 aliphatic heterocycles. The highest BCUT2D eigenvalue weighted by atomic mass is 35.6. The van der Waals surface area contributed by atoms with Gasteiger partial charge in [-0.2, -0.15) is 9.97 Å². The van der Waals surface area contributed by atoms with Gasteiger partial charge in [-0.15, -0.1) is 0 Å². The van der Waals surface area contributed by atoms with Gasteiger partial charge < -0.3 is 4.90 Å². The van der Waals surface area contributed by atoms with E-state index < -0.39 is 7.59 Å². The predicted octanol–water partition coefficient (Wildman–Crippen LogP) is 7.89. The SMILES string of the molecule is CN(Cc1ccccc1-c1cccnc1)c1nc(-c2ccc(C(Cl)(Cl)Cl)cc2)nc(C(Cl)(Cl)Cl)n1. The molecule has 0 bridgehead atoms. The van der Waals surface area contributed by atoms with Crippen LogP contribution in [0.2, 0.25) is 0 Å². The summed E-state index contributed by atoms with van der Waals surface area (Å²) in [6, 6.07) is 18.7. The number of hydrogen-bond donors (Lipinski definition) is 0. The smallest absolute Gasteiger partial charge is 0.250 e. The number of alkyl halides is 6. The van der Waals surface area contributed by atoms with Crippen LogP contribution in [0.1, 0.15) is 17.0 Å². The van der Waals surface area contributed by atoms with Crippen LogP contribution < -0.4 is 4.90 Å². The standard InChI is InChI=1S/C24H17Cl6N5/c1-35(14-17-5-2-3-7-19(17)16-6-4-12-31-13-16)22-33-20(32-21(34-22)24(28,29)30)15-8-10-18(11-9-15)23(25,26)27/h2-13H,14H2,1H3. The van der Waals surface area contributed by atoms with Gasteiger partial charge in [0.05, 0.1) is 0 Å². The van der Waals surface area contributed by atoms with Gasteiger partial charge in [0.2, 0.25) is 13.5 Å². The lowest BCUT2D eigenvalue weighted by Crippen LogP contribution is -2.22. The van der Waals surface area contributed by atoms with Gasteiger partial charge in [-0.05, 0) is 17.2 Å². The van der Waals surface area contributed by atoms with E-state index in [4.69, 9.17) is 69.6 Å². The fourth-order valence-corrected chi connectivity index (χ4v) is 4.02. The summed E-state index contributed by atoms with van der Waals surface area (Å²) in [6.45, 7) is 0.486. The largest absolute Gasteiger partial charge is 0.339 e. The van der Waals surface area contributed by atoms with Crippen molar-refractivity contribution in [1.29, 1.82) is 0 Å². The molecule has 0 fully saturated rings. The number of anilines is 1. The van der Waals surface area contributed by atoms with Crippen molar-refractivity contribution in [1.82, 2.24) is 19.9 Å². The first-order valence-corrected chi connectivity index (χ1v) is 12.5. The van der Waals surface area contributed by atoms with E-state index in [0.29, 0.717) is 29.4 Å². The summed E-state index contributed by atoms with van der Waals surface area (Å²) >= 11 is 36.3. The van der Waals surface area contributed by atoms with Gasteiger partial charge in [0.1, 0.15) is 0 Å². The summed E-state index contributed by atoms with van der Waals surface area (Å²) in [4.78, 5) is 19.5. The van der Waals surface area contributed by atoms with E-state index in [1.807, 2.05) is 54.5 Å². The van der Waals surface area contributed by atoms with Gasteiger partial charge in [0.15, 0.2) is 11.6 Å². The van der Waals surface area contributed by atoms with Crippen LogP contribution >= 0.6 is 69.6 Å². The van der Waals surface area contributed by atoms with Gasteiger partial charge in [-0.3, -0.25) is 4.98 Å². The van der Waals surface area contributed by atoms with Crippen LogP contribution in [0, 0.1) is 0 Å². The highest BCUT2D eigenvalue weighted by Gasteiger charge is 2.29. The highest BCUT2D eigenvalue weighted by molar-refractivity contribution is 6.67. The molecule has 0 saturated heterocycles. The average Bonchev–Trinajstić information content (AvgIpc) is 2.83. The molecule has 2 aromatic heterocycles. The van der Waals surface area contributed by atoms with Crippen molar-refractivity contribution in [2.75, 3.05) is 11.9 Å². The Labute approximate surface area is 233 Å². The van der Waals surface area contributed by atoms with Crippen LogP contribution in [0.5, 0.6) is 0 Å². The van der Waals surface area contributed by atoms with E-state index in [-0.39, 0.29) is 5.82 Å². The summed E-state index contributed by atoms with van der Waals surface area (Å²) in [7, 11) is 1.85. The topological polar surface area (TPSA) is 54.8 Å². The molecule has 4 rings (SSSR count). The maximum absolute atomic E-state index is 6.15. The average molecular weight is 588 g/mol. The summed E-state index contributed by atoms with van der Waals surface area (Å²) in [5, 5.41) is 0. The molecule has 2 aromatic carbocycles. The zero-order chi connectivity index (χ0) is 25.2. The Balaban J connectivity index is 1.71. The van der Waals surface area contributed by atoms with Crippen LogP contribution in [0.25, 0.3) is 22.5 Å². The normalized spacial score (nSPS) is 12.0.